The number of benzene rings is 1. The molecule has 0 amide bonds. The fourth-order valence-corrected chi connectivity index (χ4v) is 1.26. The van der Waals surface area contributed by atoms with Crippen molar-refractivity contribution in [2.75, 3.05) is 13.7 Å². The van der Waals surface area contributed by atoms with Crippen LogP contribution < -0.4 is 4.74 Å². The van der Waals surface area contributed by atoms with Crippen LogP contribution in [0.5, 0.6) is 5.75 Å². The third-order valence-electron chi connectivity index (χ3n) is 1.88. The second kappa shape index (κ2) is 6.19. The van der Waals surface area contributed by atoms with Gasteiger partial charge in [0.1, 0.15) is 5.75 Å². The van der Waals surface area contributed by atoms with Gasteiger partial charge in [0.2, 0.25) is 0 Å². The van der Waals surface area contributed by atoms with Crippen molar-refractivity contribution in [2.24, 2.45) is 0 Å². The van der Waals surface area contributed by atoms with E-state index in [1.807, 2.05) is 24.3 Å². The van der Waals surface area contributed by atoms with Gasteiger partial charge in [0, 0.05) is 5.56 Å². The molecular formula is C12H14O2S. The Morgan fingerprint density at radius 1 is 1.40 bits per heavy atom. The molecular weight excluding hydrogens is 208 g/mol. The number of thiocarbonyl (C=S) groups is 1. The van der Waals surface area contributed by atoms with Crippen LogP contribution in [0.2, 0.25) is 0 Å². The highest BCUT2D eigenvalue weighted by Crippen LogP contribution is 2.12. The molecule has 0 atom stereocenters. The highest BCUT2D eigenvalue weighted by atomic mass is 32.1. The molecule has 0 aromatic heterocycles. The highest BCUT2D eigenvalue weighted by molar-refractivity contribution is 7.80. The summed E-state index contributed by atoms with van der Waals surface area (Å²) in [7, 11) is 1.63. The van der Waals surface area contributed by atoms with Crippen molar-refractivity contribution in [1.29, 1.82) is 0 Å². The van der Waals surface area contributed by atoms with Gasteiger partial charge in [-0.05, 0) is 42.9 Å². The molecule has 0 N–H and O–H groups in total. The van der Waals surface area contributed by atoms with Gasteiger partial charge in [-0.15, -0.1) is 6.58 Å². The summed E-state index contributed by atoms with van der Waals surface area (Å²) in [4.78, 5) is 0. The zero-order valence-corrected chi connectivity index (χ0v) is 9.55. The van der Waals surface area contributed by atoms with Crippen LogP contribution in [-0.4, -0.2) is 18.8 Å². The van der Waals surface area contributed by atoms with Crippen LogP contribution in [-0.2, 0) is 4.74 Å². The van der Waals surface area contributed by atoms with E-state index < -0.39 is 0 Å². The third kappa shape index (κ3) is 3.72. The first-order valence-corrected chi connectivity index (χ1v) is 5.11. The Balaban J connectivity index is 2.54. The van der Waals surface area contributed by atoms with Gasteiger partial charge in [-0.2, -0.15) is 0 Å². The molecule has 0 unspecified atom stereocenters. The molecule has 1 aromatic carbocycles. The van der Waals surface area contributed by atoms with E-state index in [2.05, 4.69) is 6.58 Å². The number of hydrogen-bond donors (Lipinski definition) is 0. The Hall–Kier alpha value is -1.35. The Morgan fingerprint density at radius 3 is 2.60 bits per heavy atom. The summed E-state index contributed by atoms with van der Waals surface area (Å²) < 4.78 is 10.4. The third-order valence-corrected chi connectivity index (χ3v) is 2.23. The molecule has 0 aliphatic rings. The first-order valence-electron chi connectivity index (χ1n) is 4.70. The molecule has 2 nitrogen and oxygen atoms in total. The van der Waals surface area contributed by atoms with E-state index in [0.717, 1.165) is 17.7 Å². The van der Waals surface area contributed by atoms with E-state index >= 15 is 0 Å². The number of ether oxygens (including phenoxy) is 2. The second-order valence-corrected chi connectivity index (χ2v) is 3.31. The topological polar surface area (TPSA) is 18.5 Å². The quantitative estimate of drug-likeness (QED) is 0.433. The Morgan fingerprint density at radius 2 is 2.07 bits per heavy atom. The zero-order chi connectivity index (χ0) is 11.1. The fraction of sp³-hybridized carbons (Fsp3) is 0.250. The number of methoxy groups -OCH3 is 1. The van der Waals surface area contributed by atoms with Crippen LogP contribution in [0.3, 0.4) is 0 Å². The summed E-state index contributed by atoms with van der Waals surface area (Å²) in [6.45, 7) is 4.19. The van der Waals surface area contributed by atoms with Crippen molar-refractivity contribution in [3.05, 3.63) is 42.5 Å². The minimum Gasteiger partial charge on any atom is -0.497 e. The molecule has 3 heteroatoms. The summed E-state index contributed by atoms with van der Waals surface area (Å²) in [6.07, 6.45) is 2.60. The molecule has 0 saturated carbocycles. The van der Waals surface area contributed by atoms with Crippen molar-refractivity contribution >= 4 is 17.3 Å². The van der Waals surface area contributed by atoms with Crippen LogP contribution in [0.15, 0.2) is 36.9 Å². The first-order chi connectivity index (χ1) is 7.27. The fourth-order valence-electron chi connectivity index (χ4n) is 1.05. The van der Waals surface area contributed by atoms with Crippen molar-refractivity contribution in [3.63, 3.8) is 0 Å². The molecule has 1 aromatic rings. The van der Waals surface area contributed by atoms with E-state index in [-0.39, 0.29) is 0 Å². The first kappa shape index (κ1) is 11.7. The van der Waals surface area contributed by atoms with E-state index in [1.165, 1.54) is 0 Å². The Bertz CT molecular complexity index is 330. The minimum atomic E-state index is 0.513. The molecule has 0 fully saturated rings. The van der Waals surface area contributed by atoms with E-state index in [9.17, 15) is 0 Å². The van der Waals surface area contributed by atoms with Gasteiger partial charge < -0.3 is 9.47 Å². The zero-order valence-electron chi connectivity index (χ0n) is 8.73. The molecule has 0 aliphatic heterocycles. The van der Waals surface area contributed by atoms with E-state index in [0.29, 0.717) is 11.7 Å². The minimum absolute atomic E-state index is 0.513. The van der Waals surface area contributed by atoms with E-state index in [1.54, 1.807) is 13.2 Å². The van der Waals surface area contributed by atoms with Crippen LogP contribution in [0.25, 0.3) is 0 Å². The maximum absolute atomic E-state index is 5.36. The average Bonchev–Trinajstić information content (AvgIpc) is 2.29. The van der Waals surface area contributed by atoms with Gasteiger partial charge in [0.25, 0.3) is 0 Å². The van der Waals surface area contributed by atoms with Crippen LogP contribution >= 0.6 is 12.2 Å². The van der Waals surface area contributed by atoms with Crippen LogP contribution in [0.4, 0.5) is 0 Å². The SMILES string of the molecule is C=CCCOC(=S)c1ccc(OC)cc1. The molecule has 15 heavy (non-hydrogen) atoms. The number of rotatable bonds is 5. The lowest BCUT2D eigenvalue weighted by atomic mass is 10.2. The van der Waals surface area contributed by atoms with Crippen molar-refractivity contribution in [3.8, 4) is 5.75 Å². The predicted octanol–water partition coefficient (Wildman–Crippen LogP) is 2.96. The monoisotopic (exact) mass is 222 g/mol. The van der Waals surface area contributed by atoms with Crippen LogP contribution in [0, 0.1) is 0 Å². The van der Waals surface area contributed by atoms with Crippen LogP contribution in [0.1, 0.15) is 12.0 Å². The molecule has 0 aliphatic carbocycles. The summed E-state index contributed by atoms with van der Waals surface area (Å²) in [6, 6.07) is 7.49. The largest absolute Gasteiger partial charge is 0.497 e. The van der Waals surface area contributed by atoms with Gasteiger partial charge in [-0.1, -0.05) is 6.08 Å². The van der Waals surface area contributed by atoms with Gasteiger partial charge >= 0.3 is 0 Å². The molecule has 0 bridgehead atoms. The number of hydrogen-bond acceptors (Lipinski definition) is 3. The summed E-state index contributed by atoms with van der Waals surface area (Å²) in [5.74, 6) is 0.813. The van der Waals surface area contributed by atoms with Crippen molar-refractivity contribution in [1.82, 2.24) is 0 Å². The maximum atomic E-state index is 5.36. The molecule has 0 spiro atoms. The maximum Gasteiger partial charge on any atom is 0.191 e. The lowest BCUT2D eigenvalue weighted by Gasteiger charge is -2.06. The summed E-state index contributed by atoms with van der Waals surface area (Å²) in [5, 5.41) is 0.513. The Labute approximate surface area is 95.5 Å². The molecule has 80 valence electrons. The van der Waals surface area contributed by atoms with Crippen molar-refractivity contribution in [2.45, 2.75) is 6.42 Å². The highest BCUT2D eigenvalue weighted by Gasteiger charge is 2.01. The van der Waals surface area contributed by atoms with Gasteiger partial charge in [-0.3, -0.25) is 0 Å². The Kier molecular flexibility index (Phi) is 4.84. The predicted molar refractivity (Wildman–Crippen MR) is 65.5 cm³/mol. The lowest BCUT2D eigenvalue weighted by molar-refractivity contribution is 0.322. The molecule has 0 radical (unpaired) electrons. The van der Waals surface area contributed by atoms with Crippen molar-refractivity contribution < 1.29 is 9.47 Å². The lowest BCUT2D eigenvalue weighted by Crippen LogP contribution is -2.04. The average molecular weight is 222 g/mol. The van der Waals surface area contributed by atoms with Gasteiger partial charge in [0.15, 0.2) is 5.05 Å². The molecule has 1 rings (SSSR count). The van der Waals surface area contributed by atoms with Gasteiger partial charge in [-0.25, -0.2) is 0 Å². The normalized spacial score (nSPS) is 9.40. The second-order valence-electron chi connectivity index (χ2n) is 2.94. The van der Waals surface area contributed by atoms with E-state index in [4.69, 9.17) is 21.7 Å². The summed E-state index contributed by atoms with van der Waals surface area (Å²) in [5.41, 5.74) is 0.898. The summed E-state index contributed by atoms with van der Waals surface area (Å²) >= 11 is 5.12. The molecule has 0 saturated heterocycles. The standard InChI is InChI=1S/C12H14O2S/c1-3-4-9-14-12(15)10-5-7-11(13-2)8-6-10/h3,5-8H,1,4,9H2,2H3. The van der Waals surface area contributed by atoms with Gasteiger partial charge in [0.05, 0.1) is 13.7 Å². The molecule has 0 heterocycles. The smallest absolute Gasteiger partial charge is 0.191 e.